The lowest BCUT2D eigenvalue weighted by Crippen LogP contribution is -1.97. The number of thiophene rings is 4. The van der Waals surface area contributed by atoms with Gasteiger partial charge in [0.05, 0.1) is 14.6 Å². The quantitative estimate of drug-likeness (QED) is 0.146. The van der Waals surface area contributed by atoms with Crippen LogP contribution in [-0.2, 0) is 6.42 Å². The van der Waals surface area contributed by atoms with Crippen LogP contribution in [0.2, 0.25) is 0 Å². The predicted octanol–water partition coefficient (Wildman–Crippen LogP) is 12.6. The molecule has 42 heavy (non-hydrogen) atoms. The Morgan fingerprint density at radius 3 is 2.05 bits per heavy atom. The molecule has 8 heteroatoms. The third kappa shape index (κ3) is 5.65. The fourth-order valence-corrected chi connectivity index (χ4v) is 8.94. The number of hydrogen-bond donors (Lipinski definition) is 0. The summed E-state index contributed by atoms with van der Waals surface area (Å²) in [5.74, 6) is -3.70. The van der Waals surface area contributed by atoms with E-state index in [4.69, 9.17) is 0 Å². The van der Waals surface area contributed by atoms with Crippen molar-refractivity contribution < 1.29 is 17.6 Å². The average Bonchev–Trinajstić information content (AvgIpc) is 3.78. The van der Waals surface area contributed by atoms with Crippen LogP contribution >= 0.6 is 45.3 Å². The molecule has 0 amide bonds. The van der Waals surface area contributed by atoms with Crippen LogP contribution in [0.1, 0.15) is 49.3 Å². The lowest BCUT2D eigenvalue weighted by molar-refractivity contribution is 0.511. The van der Waals surface area contributed by atoms with Crippen LogP contribution in [-0.4, -0.2) is 0 Å². The first-order valence-electron chi connectivity index (χ1n) is 13.5. The molecular weight excluding hydrogens is 613 g/mol. The summed E-state index contributed by atoms with van der Waals surface area (Å²) in [4.78, 5) is 3.39. The maximum atomic E-state index is 14.8. The number of halogens is 4. The first-order chi connectivity index (χ1) is 20.2. The maximum Gasteiger partial charge on any atom is 0.179 e. The Morgan fingerprint density at radius 2 is 1.33 bits per heavy atom. The standard InChI is InChI=1S/C34H26F4S4/c1-18(2)23-5-4-6-24(15-23)26-11-12-27(41-26)28-14-20(16-39-28)13-19(3)21-7-9-22(10-8-21)32-30(37)31(38)34(42-32)33-29(36)25(35)17-40-33/h4-12,14-19H,13H2,1-3H3. The Labute approximate surface area is 258 Å². The maximum absolute atomic E-state index is 14.8. The number of benzene rings is 2. The minimum atomic E-state index is -1.15. The second-order valence-electron chi connectivity index (χ2n) is 10.6. The molecule has 1 atom stereocenters. The summed E-state index contributed by atoms with van der Waals surface area (Å²) in [6.07, 6.45) is 0.847. The van der Waals surface area contributed by atoms with Gasteiger partial charge in [0.15, 0.2) is 23.3 Å². The molecule has 4 heterocycles. The zero-order chi connectivity index (χ0) is 29.5. The van der Waals surface area contributed by atoms with Crippen molar-refractivity contribution in [2.75, 3.05) is 0 Å². The van der Waals surface area contributed by atoms with Gasteiger partial charge in [0.2, 0.25) is 0 Å². The molecule has 0 aliphatic carbocycles. The van der Waals surface area contributed by atoms with Gasteiger partial charge in [0.25, 0.3) is 0 Å². The SMILES string of the molecule is CC(C)c1cccc(-c2ccc(-c3cc(CC(C)c4ccc(-c5sc(-c6scc(F)c6F)c(F)c5F)cc4)cs3)s2)c1. The lowest BCUT2D eigenvalue weighted by atomic mass is 9.94. The van der Waals surface area contributed by atoms with E-state index in [1.54, 1.807) is 23.5 Å². The highest BCUT2D eigenvalue weighted by Gasteiger charge is 2.25. The van der Waals surface area contributed by atoms with E-state index in [1.165, 1.54) is 31.3 Å². The summed E-state index contributed by atoms with van der Waals surface area (Å²) in [6, 6.07) is 22.8. The van der Waals surface area contributed by atoms with Crippen molar-refractivity contribution in [2.45, 2.75) is 39.0 Å². The molecule has 0 aliphatic heterocycles. The first-order valence-corrected chi connectivity index (χ1v) is 16.9. The van der Waals surface area contributed by atoms with Crippen LogP contribution in [0.3, 0.4) is 0 Å². The Kier molecular flexibility index (Phi) is 8.24. The molecule has 6 aromatic rings. The molecule has 0 bridgehead atoms. The smallest absolute Gasteiger partial charge is 0.179 e. The first kappa shape index (κ1) is 29.1. The summed E-state index contributed by atoms with van der Waals surface area (Å²) >= 11 is 5.07. The topological polar surface area (TPSA) is 0 Å². The monoisotopic (exact) mass is 638 g/mol. The summed E-state index contributed by atoms with van der Waals surface area (Å²) < 4.78 is 57.0. The summed E-state index contributed by atoms with van der Waals surface area (Å²) in [7, 11) is 0. The van der Waals surface area contributed by atoms with E-state index in [2.05, 4.69) is 68.6 Å². The van der Waals surface area contributed by atoms with E-state index < -0.39 is 23.3 Å². The van der Waals surface area contributed by atoms with Crippen molar-refractivity contribution in [1.82, 2.24) is 0 Å². The van der Waals surface area contributed by atoms with E-state index in [0.29, 0.717) is 11.5 Å². The van der Waals surface area contributed by atoms with E-state index >= 15 is 0 Å². The van der Waals surface area contributed by atoms with E-state index in [0.717, 1.165) is 40.0 Å². The van der Waals surface area contributed by atoms with E-state index in [-0.39, 0.29) is 20.5 Å². The van der Waals surface area contributed by atoms with Crippen LogP contribution in [0, 0.1) is 23.3 Å². The van der Waals surface area contributed by atoms with Crippen LogP contribution in [0.4, 0.5) is 17.6 Å². The van der Waals surface area contributed by atoms with Gasteiger partial charge < -0.3 is 0 Å². The molecular formula is C34H26F4S4. The number of hydrogen-bond acceptors (Lipinski definition) is 4. The molecule has 0 radical (unpaired) electrons. The molecule has 0 saturated heterocycles. The Balaban J connectivity index is 1.16. The highest BCUT2D eigenvalue weighted by Crippen LogP contribution is 2.44. The minimum Gasteiger partial charge on any atom is -0.203 e. The van der Waals surface area contributed by atoms with Gasteiger partial charge in [-0.1, -0.05) is 69.3 Å². The molecule has 4 aromatic heterocycles. The molecule has 6 rings (SSSR count). The van der Waals surface area contributed by atoms with Crippen molar-refractivity contribution in [3.63, 3.8) is 0 Å². The second kappa shape index (κ2) is 11.9. The largest absolute Gasteiger partial charge is 0.203 e. The van der Waals surface area contributed by atoms with E-state index in [1.807, 2.05) is 23.5 Å². The average molecular weight is 639 g/mol. The predicted molar refractivity (Wildman–Crippen MR) is 172 cm³/mol. The van der Waals surface area contributed by atoms with Gasteiger partial charge in [-0.15, -0.1) is 45.3 Å². The van der Waals surface area contributed by atoms with Gasteiger partial charge in [-0.25, -0.2) is 17.6 Å². The Hall–Kier alpha value is -3.04. The van der Waals surface area contributed by atoms with Gasteiger partial charge >= 0.3 is 0 Å². The van der Waals surface area contributed by atoms with Crippen LogP contribution in [0.15, 0.2) is 77.5 Å². The normalized spacial score (nSPS) is 12.4. The van der Waals surface area contributed by atoms with Gasteiger partial charge in [0.1, 0.15) is 0 Å². The van der Waals surface area contributed by atoms with Crippen LogP contribution < -0.4 is 0 Å². The molecule has 0 aliphatic rings. The van der Waals surface area contributed by atoms with Gasteiger partial charge in [0, 0.05) is 20.0 Å². The third-order valence-corrected chi connectivity index (χ3v) is 11.9. The Bertz CT molecular complexity index is 1850. The zero-order valence-corrected chi connectivity index (χ0v) is 26.3. The van der Waals surface area contributed by atoms with Crippen molar-refractivity contribution >= 4 is 45.3 Å². The molecule has 0 nitrogen and oxygen atoms in total. The summed E-state index contributed by atoms with van der Waals surface area (Å²) in [5, 5.41) is 3.16. The van der Waals surface area contributed by atoms with Crippen LogP contribution in [0.5, 0.6) is 0 Å². The second-order valence-corrected chi connectivity index (χ2v) is 14.5. The molecule has 0 saturated carbocycles. The van der Waals surface area contributed by atoms with Gasteiger partial charge in [-0.3, -0.25) is 0 Å². The third-order valence-electron chi connectivity index (χ3n) is 7.32. The molecule has 0 fully saturated rings. The highest BCUT2D eigenvalue weighted by molar-refractivity contribution is 7.23. The van der Waals surface area contributed by atoms with Crippen molar-refractivity contribution in [3.8, 4) is 40.4 Å². The zero-order valence-electron chi connectivity index (χ0n) is 23.0. The molecule has 214 valence electrons. The fourth-order valence-electron chi connectivity index (χ4n) is 4.92. The molecule has 1 unspecified atom stereocenters. The van der Waals surface area contributed by atoms with E-state index in [9.17, 15) is 17.6 Å². The van der Waals surface area contributed by atoms with Crippen molar-refractivity contribution in [3.05, 3.63) is 117 Å². The van der Waals surface area contributed by atoms with Gasteiger partial charge in [-0.05, 0) is 69.7 Å². The molecule has 0 spiro atoms. The Morgan fingerprint density at radius 1 is 0.595 bits per heavy atom. The highest BCUT2D eigenvalue weighted by atomic mass is 32.1. The molecule has 0 N–H and O–H groups in total. The van der Waals surface area contributed by atoms with Crippen molar-refractivity contribution in [2.24, 2.45) is 0 Å². The van der Waals surface area contributed by atoms with Crippen LogP contribution in [0.25, 0.3) is 40.4 Å². The molecule has 2 aromatic carbocycles. The minimum absolute atomic E-state index is 0.0728. The summed E-state index contributed by atoms with van der Waals surface area (Å²) in [5.41, 5.74) is 5.43. The lowest BCUT2D eigenvalue weighted by Gasteiger charge is -2.11. The number of rotatable bonds is 8. The summed E-state index contributed by atoms with van der Waals surface area (Å²) in [6.45, 7) is 6.57. The van der Waals surface area contributed by atoms with Gasteiger partial charge in [-0.2, -0.15) is 0 Å². The van der Waals surface area contributed by atoms with Crippen molar-refractivity contribution in [1.29, 1.82) is 0 Å². The fraction of sp³-hybridized carbons (Fsp3) is 0.176.